The SMILES string of the molecule is COCN(C(=O)CCl)c1c(-c2ccccc2)cccc1-c1ccccc1. The van der Waals surface area contributed by atoms with Gasteiger partial charge in [0.05, 0.1) is 5.69 Å². The average Bonchev–Trinajstić information content (AvgIpc) is 2.72. The van der Waals surface area contributed by atoms with Gasteiger partial charge in [0, 0.05) is 18.2 Å². The van der Waals surface area contributed by atoms with E-state index in [0.717, 1.165) is 27.9 Å². The average molecular weight is 366 g/mol. The first-order chi connectivity index (χ1) is 12.8. The molecule has 1 amide bonds. The molecule has 0 radical (unpaired) electrons. The Morgan fingerprint density at radius 3 is 1.77 bits per heavy atom. The molecule has 132 valence electrons. The van der Waals surface area contributed by atoms with E-state index >= 15 is 0 Å². The summed E-state index contributed by atoms with van der Waals surface area (Å²) in [7, 11) is 1.57. The van der Waals surface area contributed by atoms with Gasteiger partial charge in [-0.1, -0.05) is 78.9 Å². The largest absolute Gasteiger partial charge is 0.364 e. The third kappa shape index (κ3) is 3.79. The van der Waals surface area contributed by atoms with Crippen molar-refractivity contribution in [3.63, 3.8) is 0 Å². The Morgan fingerprint density at radius 1 is 0.846 bits per heavy atom. The van der Waals surface area contributed by atoms with Gasteiger partial charge >= 0.3 is 0 Å². The van der Waals surface area contributed by atoms with Crippen LogP contribution in [0, 0.1) is 0 Å². The molecule has 0 spiro atoms. The number of hydrogen-bond donors (Lipinski definition) is 0. The fourth-order valence-corrected chi connectivity index (χ4v) is 3.14. The number of benzene rings is 3. The lowest BCUT2D eigenvalue weighted by molar-refractivity contribution is -0.117. The second-order valence-electron chi connectivity index (χ2n) is 5.81. The molecule has 0 aliphatic rings. The van der Waals surface area contributed by atoms with Gasteiger partial charge in [-0.15, -0.1) is 11.6 Å². The third-order valence-corrected chi connectivity index (χ3v) is 4.38. The number of alkyl halides is 1. The molecule has 0 fully saturated rings. The molecule has 26 heavy (non-hydrogen) atoms. The summed E-state index contributed by atoms with van der Waals surface area (Å²) in [5.41, 5.74) is 4.79. The van der Waals surface area contributed by atoms with Crippen molar-refractivity contribution in [2.24, 2.45) is 0 Å². The van der Waals surface area contributed by atoms with Crippen LogP contribution in [0.2, 0.25) is 0 Å². The van der Waals surface area contributed by atoms with Crippen molar-refractivity contribution < 1.29 is 9.53 Å². The first kappa shape index (κ1) is 18.2. The van der Waals surface area contributed by atoms with Crippen molar-refractivity contribution in [3.8, 4) is 22.3 Å². The highest BCUT2D eigenvalue weighted by molar-refractivity contribution is 6.29. The zero-order chi connectivity index (χ0) is 18.4. The highest BCUT2D eigenvalue weighted by Gasteiger charge is 2.22. The molecule has 0 N–H and O–H groups in total. The maximum Gasteiger partial charge on any atom is 0.243 e. The van der Waals surface area contributed by atoms with Crippen LogP contribution >= 0.6 is 11.6 Å². The molecule has 0 saturated heterocycles. The highest BCUT2D eigenvalue weighted by Crippen LogP contribution is 2.39. The summed E-state index contributed by atoms with van der Waals surface area (Å²) in [6.07, 6.45) is 0. The number of ether oxygens (including phenoxy) is 1. The monoisotopic (exact) mass is 365 g/mol. The van der Waals surface area contributed by atoms with Gasteiger partial charge in [-0.3, -0.25) is 9.69 Å². The molecule has 0 atom stereocenters. The molecule has 3 rings (SSSR count). The minimum atomic E-state index is -0.200. The quantitative estimate of drug-likeness (QED) is 0.444. The van der Waals surface area contributed by atoms with Crippen LogP contribution in [0.5, 0.6) is 0 Å². The second kappa shape index (κ2) is 8.65. The Kier molecular flexibility index (Phi) is 6.05. The van der Waals surface area contributed by atoms with Crippen LogP contribution in [0.15, 0.2) is 78.9 Å². The molecule has 0 saturated carbocycles. The van der Waals surface area contributed by atoms with Crippen LogP contribution in [-0.2, 0) is 9.53 Å². The number of halogens is 1. The van der Waals surface area contributed by atoms with Crippen LogP contribution in [0.4, 0.5) is 5.69 Å². The van der Waals surface area contributed by atoms with Crippen LogP contribution < -0.4 is 4.90 Å². The summed E-state index contributed by atoms with van der Waals surface area (Å²) in [6.45, 7) is 0.134. The van der Waals surface area contributed by atoms with E-state index in [1.807, 2.05) is 78.9 Å². The van der Waals surface area contributed by atoms with Crippen molar-refractivity contribution in [1.29, 1.82) is 0 Å². The van der Waals surface area contributed by atoms with Gasteiger partial charge in [-0.25, -0.2) is 0 Å². The topological polar surface area (TPSA) is 29.5 Å². The third-order valence-electron chi connectivity index (χ3n) is 4.15. The first-order valence-electron chi connectivity index (χ1n) is 8.35. The van der Waals surface area contributed by atoms with E-state index in [1.54, 1.807) is 12.0 Å². The molecule has 0 bridgehead atoms. The number of anilines is 1. The molecule has 0 unspecified atom stereocenters. The van der Waals surface area contributed by atoms with Gasteiger partial charge in [0.2, 0.25) is 5.91 Å². The minimum absolute atomic E-state index is 0.110. The number of nitrogens with zero attached hydrogens (tertiary/aromatic N) is 1. The van der Waals surface area contributed by atoms with Crippen LogP contribution in [0.25, 0.3) is 22.3 Å². The number of methoxy groups -OCH3 is 1. The number of hydrogen-bond acceptors (Lipinski definition) is 2. The molecule has 0 heterocycles. The molecule has 3 aromatic rings. The smallest absolute Gasteiger partial charge is 0.243 e. The van der Waals surface area contributed by atoms with Crippen molar-refractivity contribution in [2.75, 3.05) is 24.6 Å². The van der Waals surface area contributed by atoms with Crippen LogP contribution in [0.3, 0.4) is 0 Å². The molecular formula is C22H20ClNO2. The Morgan fingerprint density at radius 2 is 1.35 bits per heavy atom. The van der Waals surface area contributed by atoms with E-state index in [2.05, 4.69) is 0 Å². The van der Waals surface area contributed by atoms with Gasteiger partial charge in [0.1, 0.15) is 12.6 Å². The molecule has 4 heteroatoms. The van der Waals surface area contributed by atoms with Crippen LogP contribution in [-0.4, -0.2) is 25.6 Å². The zero-order valence-electron chi connectivity index (χ0n) is 14.6. The lowest BCUT2D eigenvalue weighted by atomic mass is 9.95. The van der Waals surface area contributed by atoms with Crippen molar-refractivity contribution >= 4 is 23.2 Å². The van der Waals surface area contributed by atoms with Crippen molar-refractivity contribution in [3.05, 3.63) is 78.9 Å². The Labute approximate surface area is 158 Å². The summed E-state index contributed by atoms with van der Waals surface area (Å²) in [4.78, 5) is 14.2. The van der Waals surface area contributed by atoms with E-state index in [0.29, 0.717) is 0 Å². The highest BCUT2D eigenvalue weighted by atomic mass is 35.5. The minimum Gasteiger partial charge on any atom is -0.364 e. The Bertz CT molecular complexity index is 808. The van der Waals surface area contributed by atoms with Gasteiger partial charge in [-0.2, -0.15) is 0 Å². The molecule has 3 aromatic carbocycles. The molecule has 0 aromatic heterocycles. The number of para-hydroxylation sites is 1. The fraction of sp³-hybridized carbons (Fsp3) is 0.136. The molecule has 0 aliphatic heterocycles. The van der Waals surface area contributed by atoms with Gasteiger partial charge < -0.3 is 4.74 Å². The normalized spacial score (nSPS) is 10.5. The summed E-state index contributed by atoms with van der Waals surface area (Å²) >= 11 is 5.88. The van der Waals surface area contributed by atoms with E-state index in [4.69, 9.17) is 16.3 Å². The number of carbonyl (C=O) groups excluding carboxylic acids is 1. The molecular weight excluding hydrogens is 346 g/mol. The summed E-state index contributed by atoms with van der Waals surface area (Å²) in [6, 6.07) is 26.0. The van der Waals surface area contributed by atoms with Crippen molar-refractivity contribution in [2.45, 2.75) is 0 Å². The Balaban J connectivity index is 2.27. The number of carbonyl (C=O) groups is 1. The molecule has 3 nitrogen and oxygen atoms in total. The fourth-order valence-electron chi connectivity index (χ4n) is 3.00. The first-order valence-corrected chi connectivity index (χ1v) is 8.89. The number of rotatable bonds is 6. The summed E-state index contributed by atoms with van der Waals surface area (Å²) in [5.74, 6) is -0.310. The maximum atomic E-state index is 12.6. The van der Waals surface area contributed by atoms with Gasteiger partial charge in [-0.05, 0) is 11.1 Å². The van der Waals surface area contributed by atoms with Crippen molar-refractivity contribution in [1.82, 2.24) is 0 Å². The number of amides is 1. The molecule has 0 aliphatic carbocycles. The zero-order valence-corrected chi connectivity index (χ0v) is 15.3. The van der Waals surface area contributed by atoms with E-state index < -0.39 is 0 Å². The van der Waals surface area contributed by atoms with Gasteiger partial charge in [0.15, 0.2) is 0 Å². The van der Waals surface area contributed by atoms with Gasteiger partial charge in [0.25, 0.3) is 0 Å². The predicted molar refractivity (Wildman–Crippen MR) is 107 cm³/mol. The summed E-state index contributed by atoms with van der Waals surface area (Å²) < 4.78 is 5.31. The predicted octanol–water partition coefficient (Wildman–Crippen LogP) is 5.20. The van der Waals surface area contributed by atoms with E-state index in [1.165, 1.54) is 0 Å². The van der Waals surface area contributed by atoms with Crippen LogP contribution in [0.1, 0.15) is 0 Å². The maximum absolute atomic E-state index is 12.6. The second-order valence-corrected chi connectivity index (χ2v) is 6.07. The lowest BCUT2D eigenvalue weighted by Crippen LogP contribution is -2.34. The summed E-state index contributed by atoms with van der Waals surface area (Å²) in [5, 5.41) is 0. The Hall–Kier alpha value is -2.62. The van der Waals surface area contributed by atoms with E-state index in [9.17, 15) is 4.79 Å². The standard InChI is InChI=1S/C22H20ClNO2/c1-26-16-24(21(25)15-23)22-19(17-9-4-2-5-10-17)13-8-14-20(22)18-11-6-3-7-12-18/h2-14H,15-16H2,1H3. The van der Waals surface area contributed by atoms with E-state index in [-0.39, 0.29) is 18.5 Å². The lowest BCUT2D eigenvalue weighted by Gasteiger charge is -2.27.